The van der Waals surface area contributed by atoms with Gasteiger partial charge in [0.1, 0.15) is 6.61 Å². The first-order chi connectivity index (χ1) is 7.61. The van der Waals surface area contributed by atoms with Crippen LogP contribution < -0.4 is 5.32 Å². The number of carbonyl (C=O) groups is 1. The molecular formula is C12H22N2O2. The molecule has 92 valence electrons. The van der Waals surface area contributed by atoms with Gasteiger partial charge in [-0.15, -0.1) is 0 Å². The molecule has 0 spiro atoms. The molecule has 2 aliphatic rings. The number of amides is 1. The van der Waals surface area contributed by atoms with E-state index in [1.807, 2.05) is 0 Å². The molecule has 0 radical (unpaired) electrons. The van der Waals surface area contributed by atoms with Crippen LogP contribution in [-0.2, 0) is 9.53 Å². The zero-order chi connectivity index (χ0) is 11.6. The molecule has 2 heterocycles. The predicted molar refractivity (Wildman–Crippen MR) is 62.2 cm³/mol. The molecule has 2 unspecified atom stereocenters. The van der Waals surface area contributed by atoms with Crippen molar-refractivity contribution >= 4 is 5.91 Å². The van der Waals surface area contributed by atoms with E-state index in [4.69, 9.17) is 4.74 Å². The van der Waals surface area contributed by atoms with Gasteiger partial charge >= 0.3 is 0 Å². The van der Waals surface area contributed by atoms with Crippen LogP contribution in [0.3, 0.4) is 0 Å². The van der Waals surface area contributed by atoms with Crippen LogP contribution in [0, 0.1) is 5.92 Å². The molecular weight excluding hydrogens is 204 g/mol. The van der Waals surface area contributed by atoms with E-state index in [2.05, 4.69) is 24.1 Å². The van der Waals surface area contributed by atoms with Gasteiger partial charge in [-0.25, -0.2) is 0 Å². The average molecular weight is 226 g/mol. The Morgan fingerprint density at radius 1 is 1.62 bits per heavy atom. The highest BCUT2D eigenvalue weighted by molar-refractivity contribution is 5.77. The molecule has 1 N–H and O–H groups in total. The summed E-state index contributed by atoms with van der Waals surface area (Å²) < 4.78 is 5.68. The quantitative estimate of drug-likeness (QED) is 0.767. The van der Waals surface area contributed by atoms with E-state index in [1.165, 1.54) is 19.5 Å². The molecule has 2 fully saturated rings. The van der Waals surface area contributed by atoms with Crippen molar-refractivity contribution in [3.8, 4) is 0 Å². The molecule has 2 atom stereocenters. The van der Waals surface area contributed by atoms with Gasteiger partial charge in [-0.1, -0.05) is 6.92 Å². The van der Waals surface area contributed by atoms with Crippen LogP contribution in [-0.4, -0.2) is 49.2 Å². The number of likely N-dealkylation sites (tertiary alicyclic amines) is 1. The van der Waals surface area contributed by atoms with E-state index in [0.717, 1.165) is 18.9 Å². The second-order valence-corrected chi connectivity index (χ2v) is 5.27. The number of carbonyl (C=O) groups excluding carboxylic acids is 1. The second kappa shape index (κ2) is 4.72. The summed E-state index contributed by atoms with van der Waals surface area (Å²) in [5.74, 6) is 0.735. The van der Waals surface area contributed by atoms with Gasteiger partial charge in [-0.05, 0) is 38.8 Å². The normalized spacial score (nSPS) is 36.4. The molecule has 4 heteroatoms. The maximum Gasteiger partial charge on any atom is 0.246 e. The third kappa shape index (κ3) is 2.74. The number of morpholine rings is 1. The number of hydrogen-bond acceptors (Lipinski definition) is 3. The summed E-state index contributed by atoms with van der Waals surface area (Å²) >= 11 is 0. The summed E-state index contributed by atoms with van der Waals surface area (Å²) in [6, 6.07) is 0. The molecule has 0 bridgehead atoms. The monoisotopic (exact) mass is 226 g/mol. The Morgan fingerprint density at radius 3 is 3.00 bits per heavy atom. The van der Waals surface area contributed by atoms with Gasteiger partial charge in [-0.3, -0.25) is 4.79 Å². The highest BCUT2D eigenvalue weighted by Gasteiger charge is 2.35. The fourth-order valence-electron chi connectivity index (χ4n) is 2.74. The fourth-order valence-corrected chi connectivity index (χ4v) is 2.74. The minimum atomic E-state index is -0.150. The predicted octanol–water partition coefficient (Wildman–Crippen LogP) is 0.623. The molecule has 1 amide bonds. The van der Waals surface area contributed by atoms with Gasteiger partial charge in [0.2, 0.25) is 5.91 Å². The Hall–Kier alpha value is -0.610. The van der Waals surface area contributed by atoms with Crippen molar-refractivity contribution in [3.05, 3.63) is 0 Å². The van der Waals surface area contributed by atoms with Gasteiger partial charge in [0.05, 0.1) is 5.60 Å². The van der Waals surface area contributed by atoms with Crippen molar-refractivity contribution < 1.29 is 9.53 Å². The van der Waals surface area contributed by atoms with Gasteiger partial charge in [0, 0.05) is 13.1 Å². The lowest BCUT2D eigenvalue weighted by atomic mass is 9.90. The third-order valence-electron chi connectivity index (χ3n) is 3.75. The zero-order valence-electron chi connectivity index (χ0n) is 10.3. The van der Waals surface area contributed by atoms with Crippen LogP contribution in [0.5, 0.6) is 0 Å². The molecule has 0 aromatic carbocycles. The number of nitrogens with zero attached hydrogens (tertiary/aromatic N) is 1. The number of rotatable bonds is 3. The Kier molecular flexibility index (Phi) is 3.50. The third-order valence-corrected chi connectivity index (χ3v) is 3.75. The lowest BCUT2D eigenvalue weighted by Crippen LogP contribution is -2.51. The van der Waals surface area contributed by atoms with Crippen molar-refractivity contribution in [1.82, 2.24) is 10.2 Å². The average Bonchev–Trinajstić information content (AvgIpc) is 2.70. The first-order valence-corrected chi connectivity index (χ1v) is 6.24. The summed E-state index contributed by atoms with van der Waals surface area (Å²) in [5, 5.41) is 2.89. The Balaban J connectivity index is 1.82. The Morgan fingerprint density at radius 2 is 2.44 bits per heavy atom. The number of hydrogen-bond donors (Lipinski definition) is 1. The van der Waals surface area contributed by atoms with Crippen molar-refractivity contribution in [2.45, 2.75) is 32.3 Å². The van der Waals surface area contributed by atoms with Gasteiger partial charge in [0.15, 0.2) is 0 Å². The lowest BCUT2D eigenvalue weighted by molar-refractivity contribution is -0.143. The molecule has 16 heavy (non-hydrogen) atoms. The van der Waals surface area contributed by atoms with Crippen molar-refractivity contribution in [2.75, 3.05) is 32.8 Å². The topological polar surface area (TPSA) is 41.6 Å². The first-order valence-electron chi connectivity index (χ1n) is 6.24. The van der Waals surface area contributed by atoms with E-state index < -0.39 is 0 Å². The van der Waals surface area contributed by atoms with E-state index >= 15 is 0 Å². The minimum Gasteiger partial charge on any atom is -0.364 e. The van der Waals surface area contributed by atoms with E-state index in [-0.39, 0.29) is 18.1 Å². The molecule has 2 rings (SSSR count). The first kappa shape index (κ1) is 11.9. The zero-order valence-corrected chi connectivity index (χ0v) is 10.3. The van der Waals surface area contributed by atoms with Gasteiger partial charge in [0.25, 0.3) is 0 Å². The molecule has 4 nitrogen and oxygen atoms in total. The molecule has 2 aliphatic heterocycles. The van der Waals surface area contributed by atoms with Crippen LogP contribution >= 0.6 is 0 Å². The number of ether oxygens (including phenoxy) is 1. The molecule has 0 aromatic heterocycles. The van der Waals surface area contributed by atoms with Crippen molar-refractivity contribution in [1.29, 1.82) is 0 Å². The summed E-state index contributed by atoms with van der Waals surface area (Å²) in [5.41, 5.74) is -0.150. The van der Waals surface area contributed by atoms with Crippen LogP contribution in [0.4, 0.5) is 0 Å². The van der Waals surface area contributed by atoms with Crippen LogP contribution in [0.25, 0.3) is 0 Å². The second-order valence-electron chi connectivity index (χ2n) is 5.27. The van der Waals surface area contributed by atoms with Gasteiger partial charge < -0.3 is 15.0 Å². The molecule has 2 saturated heterocycles. The summed E-state index contributed by atoms with van der Waals surface area (Å²) in [6.45, 7) is 8.75. The highest BCUT2D eigenvalue weighted by Crippen LogP contribution is 2.28. The Bertz CT molecular complexity index is 258. The molecule has 0 saturated carbocycles. The van der Waals surface area contributed by atoms with Crippen LogP contribution in [0.1, 0.15) is 26.7 Å². The van der Waals surface area contributed by atoms with Gasteiger partial charge in [-0.2, -0.15) is 0 Å². The highest BCUT2D eigenvalue weighted by atomic mass is 16.5. The van der Waals surface area contributed by atoms with Crippen molar-refractivity contribution in [2.24, 2.45) is 5.92 Å². The maximum absolute atomic E-state index is 11.0. The lowest BCUT2D eigenvalue weighted by Gasteiger charge is -2.35. The van der Waals surface area contributed by atoms with E-state index in [0.29, 0.717) is 6.54 Å². The summed E-state index contributed by atoms with van der Waals surface area (Å²) in [6.07, 6.45) is 2.32. The van der Waals surface area contributed by atoms with Crippen molar-refractivity contribution in [3.63, 3.8) is 0 Å². The van der Waals surface area contributed by atoms with E-state index in [1.54, 1.807) is 0 Å². The fraction of sp³-hybridized carbons (Fsp3) is 0.917. The summed E-state index contributed by atoms with van der Waals surface area (Å²) in [4.78, 5) is 13.5. The summed E-state index contributed by atoms with van der Waals surface area (Å²) in [7, 11) is 0. The standard InChI is InChI=1S/C12H22N2O2/c1-3-14-5-4-10(7-14)6-12(2)9-13-11(15)8-16-12/h10H,3-9H2,1-2H3,(H,13,15). The largest absolute Gasteiger partial charge is 0.364 e. The van der Waals surface area contributed by atoms with Crippen LogP contribution in [0.15, 0.2) is 0 Å². The van der Waals surface area contributed by atoms with Crippen LogP contribution in [0.2, 0.25) is 0 Å². The minimum absolute atomic E-state index is 0.0130. The molecule has 0 aromatic rings. The molecule has 0 aliphatic carbocycles. The number of nitrogens with one attached hydrogen (secondary N) is 1. The SMILES string of the molecule is CCN1CCC(CC2(C)CNC(=O)CO2)C1. The smallest absolute Gasteiger partial charge is 0.246 e. The van der Waals surface area contributed by atoms with E-state index in [9.17, 15) is 4.79 Å². The maximum atomic E-state index is 11.0. The Labute approximate surface area is 97.3 Å².